The average Bonchev–Trinajstić information content (AvgIpc) is 3.27. The van der Waals surface area contributed by atoms with E-state index in [1.54, 1.807) is 12.1 Å². The first-order valence-electron chi connectivity index (χ1n) is 13.3. The van der Waals surface area contributed by atoms with Gasteiger partial charge in [-0.2, -0.15) is 8.42 Å². The molecule has 0 radical (unpaired) electrons. The molecule has 4 rings (SSSR count). The summed E-state index contributed by atoms with van der Waals surface area (Å²) in [6, 6.07) is 9.83. The van der Waals surface area contributed by atoms with E-state index in [9.17, 15) is 32.8 Å². The van der Waals surface area contributed by atoms with Crippen LogP contribution in [0, 0.1) is 0 Å². The number of carboxylic acids is 2. The van der Waals surface area contributed by atoms with Gasteiger partial charge in [0, 0.05) is 40.1 Å². The number of hydrogen-bond donors (Lipinski definition) is 4. The van der Waals surface area contributed by atoms with Crippen molar-refractivity contribution < 1.29 is 47.4 Å². The fourth-order valence-corrected chi connectivity index (χ4v) is 6.79. The van der Waals surface area contributed by atoms with Crippen molar-refractivity contribution in [3.8, 4) is 0 Å². The number of hydrogen-bond acceptors (Lipinski definition) is 9. The van der Waals surface area contributed by atoms with Gasteiger partial charge in [0.05, 0.1) is 23.4 Å². The first kappa shape index (κ1) is 32.5. The number of carboxylic acid groups (broad SMARTS) is 2. The standard InChI is InChI=1S/C30H33NO10S2/c1-29(2)22(20(11-13-27(32)33)21-10-8-18(16-23(21)29)42-41-40-36)6-5-7-26-30(3,4)24-17-19(43(37,38)39)9-12-25(24)31(26)15-14-28(34)35/h5-10,12,16-17,36H,11,13-15H2,1-4H3,(H,32,33)(H,34,35)(H,37,38,39)/b6-5?,26-7+. The zero-order chi connectivity index (χ0) is 31.7. The maximum Gasteiger partial charge on any atom is 0.305 e. The van der Waals surface area contributed by atoms with Crippen LogP contribution in [0.2, 0.25) is 0 Å². The van der Waals surface area contributed by atoms with Crippen LogP contribution in [0.25, 0.3) is 5.57 Å². The van der Waals surface area contributed by atoms with Crippen LogP contribution in [-0.2, 0) is 39.9 Å². The predicted octanol–water partition coefficient (Wildman–Crippen LogP) is 5.98. The second-order valence-electron chi connectivity index (χ2n) is 11.3. The highest BCUT2D eigenvalue weighted by Gasteiger charge is 2.41. The summed E-state index contributed by atoms with van der Waals surface area (Å²) in [6.07, 6.45) is 5.68. The molecule has 0 unspecified atom stereocenters. The Kier molecular flexibility index (Phi) is 9.26. The lowest BCUT2D eigenvalue weighted by Gasteiger charge is -2.27. The third kappa shape index (κ3) is 6.56. The van der Waals surface area contributed by atoms with Gasteiger partial charge in [0.15, 0.2) is 0 Å². The summed E-state index contributed by atoms with van der Waals surface area (Å²) in [5.74, 6) is -1.91. The zero-order valence-corrected chi connectivity index (χ0v) is 25.7. The van der Waals surface area contributed by atoms with Gasteiger partial charge in [-0.05, 0) is 70.7 Å². The molecule has 0 bridgehead atoms. The van der Waals surface area contributed by atoms with Crippen LogP contribution >= 0.6 is 12.0 Å². The van der Waals surface area contributed by atoms with Crippen molar-refractivity contribution in [1.82, 2.24) is 0 Å². The summed E-state index contributed by atoms with van der Waals surface area (Å²) in [5.41, 5.74) is 4.36. The number of allylic oxidation sites excluding steroid dienone is 6. The van der Waals surface area contributed by atoms with Crippen LogP contribution in [0.1, 0.15) is 63.6 Å². The highest BCUT2D eigenvalue weighted by molar-refractivity contribution is 7.94. The quantitative estimate of drug-likeness (QED) is 0.0936. The molecular weight excluding hydrogens is 598 g/mol. The molecule has 0 amide bonds. The first-order valence-corrected chi connectivity index (χ1v) is 15.5. The molecule has 0 aromatic heterocycles. The normalized spacial score (nSPS) is 18.0. The number of rotatable bonds is 12. The van der Waals surface area contributed by atoms with Gasteiger partial charge in [-0.1, -0.05) is 51.0 Å². The fourth-order valence-electron chi connectivity index (χ4n) is 5.89. The molecule has 1 aliphatic carbocycles. The Labute approximate surface area is 253 Å². The summed E-state index contributed by atoms with van der Waals surface area (Å²) >= 11 is 0.833. The van der Waals surface area contributed by atoms with Crippen LogP contribution < -0.4 is 4.90 Å². The molecule has 2 aromatic carbocycles. The number of fused-ring (bicyclic) bond motifs is 2. The minimum atomic E-state index is -4.45. The van der Waals surface area contributed by atoms with Crippen LogP contribution in [0.5, 0.6) is 0 Å². The van der Waals surface area contributed by atoms with E-state index in [2.05, 4.69) is 9.37 Å². The molecule has 13 heteroatoms. The van der Waals surface area contributed by atoms with Crippen LogP contribution in [-0.4, -0.2) is 46.9 Å². The molecule has 0 fully saturated rings. The van der Waals surface area contributed by atoms with Gasteiger partial charge in [-0.3, -0.25) is 14.1 Å². The molecule has 2 aromatic rings. The average molecular weight is 632 g/mol. The SMILES string of the molecule is CC1(C)C(C=C/C=C2/N(CCC(=O)O)c3ccc(S(=O)(=O)O)cc3C2(C)C)=C(CCC(=O)O)c2ccc(SOOO)cc21. The van der Waals surface area contributed by atoms with E-state index in [0.717, 1.165) is 40.0 Å². The van der Waals surface area contributed by atoms with Gasteiger partial charge in [-0.15, -0.1) is 4.33 Å². The third-order valence-electron chi connectivity index (χ3n) is 7.96. The topological polar surface area (TPSA) is 171 Å². The number of benzene rings is 2. The van der Waals surface area contributed by atoms with Gasteiger partial charge in [-0.25, -0.2) is 5.26 Å². The van der Waals surface area contributed by atoms with Gasteiger partial charge >= 0.3 is 11.9 Å². The second-order valence-corrected chi connectivity index (χ2v) is 13.5. The molecule has 4 N–H and O–H groups in total. The smallest absolute Gasteiger partial charge is 0.305 e. The van der Waals surface area contributed by atoms with Crippen molar-refractivity contribution in [2.24, 2.45) is 0 Å². The lowest BCUT2D eigenvalue weighted by molar-refractivity contribution is -0.432. The second kappa shape index (κ2) is 12.3. The Morgan fingerprint density at radius 1 is 0.977 bits per heavy atom. The molecule has 0 atom stereocenters. The van der Waals surface area contributed by atoms with Crippen LogP contribution in [0.15, 0.2) is 75.7 Å². The van der Waals surface area contributed by atoms with E-state index in [4.69, 9.17) is 5.26 Å². The van der Waals surface area contributed by atoms with E-state index < -0.39 is 32.9 Å². The Morgan fingerprint density at radius 3 is 2.30 bits per heavy atom. The van der Waals surface area contributed by atoms with Crippen molar-refractivity contribution in [1.29, 1.82) is 0 Å². The number of carbonyl (C=O) groups is 2. The van der Waals surface area contributed by atoms with Crippen molar-refractivity contribution in [3.05, 3.63) is 82.6 Å². The van der Waals surface area contributed by atoms with Crippen molar-refractivity contribution in [3.63, 3.8) is 0 Å². The van der Waals surface area contributed by atoms with Crippen molar-refractivity contribution in [2.75, 3.05) is 11.4 Å². The largest absolute Gasteiger partial charge is 0.481 e. The minimum Gasteiger partial charge on any atom is -0.481 e. The van der Waals surface area contributed by atoms with Gasteiger partial charge in [0.1, 0.15) is 0 Å². The lowest BCUT2D eigenvalue weighted by atomic mass is 9.80. The molecule has 0 saturated heterocycles. The summed E-state index contributed by atoms with van der Waals surface area (Å²) in [7, 11) is -4.45. The van der Waals surface area contributed by atoms with Crippen LogP contribution in [0.4, 0.5) is 5.69 Å². The summed E-state index contributed by atoms with van der Waals surface area (Å²) < 4.78 is 38.0. The number of anilines is 1. The molecule has 0 saturated carbocycles. The van der Waals surface area contributed by atoms with E-state index in [1.807, 2.05) is 63.0 Å². The Morgan fingerprint density at radius 2 is 1.67 bits per heavy atom. The molecule has 43 heavy (non-hydrogen) atoms. The lowest BCUT2D eigenvalue weighted by Crippen LogP contribution is -2.28. The highest BCUT2D eigenvalue weighted by atomic mass is 32.2. The fraction of sp³-hybridized carbons (Fsp3) is 0.333. The van der Waals surface area contributed by atoms with Crippen molar-refractivity contribution in [2.45, 2.75) is 67.6 Å². The first-order chi connectivity index (χ1) is 20.1. The Balaban J connectivity index is 1.79. The summed E-state index contributed by atoms with van der Waals surface area (Å²) in [4.78, 5) is 25.2. The van der Waals surface area contributed by atoms with Crippen molar-refractivity contribution >= 4 is 45.4 Å². The molecule has 2 aliphatic rings. The number of nitrogens with zero attached hydrogens (tertiary/aromatic N) is 1. The molecule has 230 valence electrons. The molecule has 0 spiro atoms. The van der Waals surface area contributed by atoms with E-state index in [0.29, 0.717) is 22.6 Å². The van der Waals surface area contributed by atoms with E-state index in [-0.39, 0.29) is 24.3 Å². The van der Waals surface area contributed by atoms with Gasteiger partial charge in [0.25, 0.3) is 10.1 Å². The zero-order valence-electron chi connectivity index (χ0n) is 24.0. The third-order valence-corrected chi connectivity index (χ3v) is 9.39. The van der Waals surface area contributed by atoms with Gasteiger partial charge in [0.2, 0.25) is 0 Å². The maximum atomic E-state index is 11.9. The highest BCUT2D eigenvalue weighted by Crippen LogP contribution is 2.51. The minimum absolute atomic E-state index is 0.0668. The Hall–Kier alpha value is -3.46. The van der Waals surface area contributed by atoms with E-state index >= 15 is 0 Å². The summed E-state index contributed by atoms with van der Waals surface area (Å²) in [6.45, 7) is 7.97. The maximum absolute atomic E-state index is 11.9. The predicted molar refractivity (Wildman–Crippen MR) is 160 cm³/mol. The monoisotopic (exact) mass is 631 g/mol. The molecule has 11 nitrogen and oxygen atoms in total. The molecule has 1 heterocycles. The van der Waals surface area contributed by atoms with Crippen LogP contribution in [0.3, 0.4) is 0 Å². The van der Waals surface area contributed by atoms with Gasteiger partial charge < -0.3 is 15.1 Å². The Bertz CT molecular complexity index is 1650. The molecule has 1 aliphatic heterocycles. The van der Waals surface area contributed by atoms with E-state index in [1.165, 1.54) is 12.1 Å². The number of aliphatic carboxylic acids is 2. The summed E-state index contributed by atoms with van der Waals surface area (Å²) in [5, 5.41) is 31.1. The molecular formula is C30H33NO10S2.